The number of aromatic nitrogens is 3. The lowest BCUT2D eigenvalue weighted by Crippen LogP contribution is -2.12. The van der Waals surface area contributed by atoms with E-state index in [-0.39, 0.29) is 12.7 Å². The van der Waals surface area contributed by atoms with E-state index in [1.165, 1.54) is 0 Å². The zero-order chi connectivity index (χ0) is 17.9. The van der Waals surface area contributed by atoms with Crippen LogP contribution in [0.4, 0.5) is 5.69 Å². The van der Waals surface area contributed by atoms with Crippen LogP contribution in [0.5, 0.6) is 11.5 Å². The summed E-state index contributed by atoms with van der Waals surface area (Å²) in [5.41, 5.74) is 1.70. The number of rotatable bonds is 5. The van der Waals surface area contributed by atoms with Crippen LogP contribution in [0.1, 0.15) is 17.8 Å². The number of pyridine rings is 1. The number of aryl methyl sites for hydroxylation is 2. The zero-order valence-electron chi connectivity index (χ0n) is 14.3. The van der Waals surface area contributed by atoms with Gasteiger partial charge in [-0.1, -0.05) is 6.07 Å². The molecule has 0 spiro atoms. The number of benzene rings is 1. The zero-order valence-corrected chi connectivity index (χ0v) is 14.3. The van der Waals surface area contributed by atoms with Crippen molar-refractivity contribution in [3.05, 3.63) is 60.3 Å². The molecule has 1 aliphatic heterocycles. The molecule has 7 heteroatoms. The molecule has 0 radical (unpaired) electrons. The number of fused-ring (bicyclic) bond motifs is 1. The van der Waals surface area contributed by atoms with Gasteiger partial charge in [0, 0.05) is 18.8 Å². The SMILES string of the molecule is Cc1nccn1-c1ccc(NC(=O)CCc2ccc3c(c2)OCO3)cn1. The normalized spacial score (nSPS) is 12.2. The monoisotopic (exact) mass is 350 g/mol. The first-order chi connectivity index (χ1) is 12.7. The lowest BCUT2D eigenvalue weighted by atomic mass is 10.1. The fraction of sp³-hybridized carbons (Fsp3) is 0.211. The van der Waals surface area contributed by atoms with Crippen molar-refractivity contribution in [2.45, 2.75) is 19.8 Å². The van der Waals surface area contributed by atoms with Crippen LogP contribution in [-0.2, 0) is 11.2 Å². The molecule has 7 nitrogen and oxygen atoms in total. The van der Waals surface area contributed by atoms with E-state index in [0.717, 1.165) is 28.7 Å². The molecular weight excluding hydrogens is 332 g/mol. The van der Waals surface area contributed by atoms with Crippen molar-refractivity contribution in [2.75, 3.05) is 12.1 Å². The fourth-order valence-corrected chi connectivity index (χ4v) is 2.80. The molecule has 0 aliphatic carbocycles. The topological polar surface area (TPSA) is 78.3 Å². The summed E-state index contributed by atoms with van der Waals surface area (Å²) in [6.07, 6.45) is 6.22. The van der Waals surface area contributed by atoms with Crippen LogP contribution in [0.2, 0.25) is 0 Å². The van der Waals surface area contributed by atoms with Gasteiger partial charge in [0.15, 0.2) is 11.5 Å². The number of ether oxygens (including phenoxy) is 2. The Kier molecular flexibility index (Phi) is 4.27. The highest BCUT2D eigenvalue weighted by Crippen LogP contribution is 2.32. The largest absolute Gasteiger partial charge is 0.454 e. The average Bonchev–Trinajstić information content (AvgIpc) is 3.29. The van der Waals surface area contributed by atoms with Crippen LogP contribution in [0.3, 0.4) is 0 Å². The van der Waals surface area contributed by atoms with Gasteiger partial charge in [-0.05, 0) is 43.2 Å². The van der Waals surface area contributed by atoms with Crippen molar-refractivity contribution < 1.29 is 14.3 Å². The molecule has 1 aromatic carbocycles. The molecule has 0 atom stereocenters. The summed E-state index contributed by atoms with van der Waals surface area (Å²) >= 11 is 0. The summed E-state index contributed by atoms with van der Waals surface area (Å²) in [6, 6.07) is 9.42. The summed E-state index contributed by atoms with van der Waals surface area (Å²) in [4.78, 5) is 20.7. The summed E-state index contributed by atoms with van der Waals surface area (Å²) in [7, 11) is 0. The molecule has 0 saturated heterocycles. The maximum atomic E-state index is 12.2. The van der Waals surface area contributed by atoms with E-state index in [1.807, 2.05) is 48.0 Å². The summed E-state index contributed by atoms with van der Waals surface area (Å²) in [6.45, 7) is 2.16. The van der Waals surface area contributed by atoms with E-state index >= 15 is 0 Å². The van der Waals surface area contributed by atoms with Crippen molar-refractivity contribution in [2.24, 2.45) is 0 Å². The Morgan fingerprint density at radius 1 is 1.19 bits per heavy atom. The molecule has 1 aliphatic rings. The number of nitrogens with one attached hydrogen (secondary N) is 1. The van der Waals surface area contributed by atoms with Crippen LogP contribution < -0.4 is 14.8 Å². The van der Waals surface area contributed by atoms with Crippen LogP contribution in [-0.4, -0.2) is 27.2 Å². The minimum Gasteiger partial charge on any atom is -0.454 e. The third-order valence-corrected chi connectivity index (χ3v) is 4.18. The molecule has 2 aromatic heterocycles. The van der Waals surface area contributed by atoms with Crippen molar-refractivity contribution in [3.63, 3.8) is 0 Å². The average molecular weight is 350 g/mol. The molecule has 0 fully saturated rings. The number of hydrogen-bond donors (Lipinski definition) is 1. The number of anilines is 1. The number of hydrogen-bond acceptors (Lipinski definition) is 5. The third-order valence-electron chi connectivity index (χ3n) is 4.18. The van der Waals surface area contributed by atoms with Crippen molar-refractivity contribution in [1.29, 1.82) is 0 Å². The van der Waals surface area contributed by atoms with Crippen molar-refractivity contribution >= 4 is 11.6 Å². The molecule has 0 bridgehead atoms. The second kappa shape index (κ2) is 6.87. The molecule has 1 amide bonds. The Balaban J connectivity index is 1.34. The van der Waals surface area contributed by atoms with Crippen LogP contribution in [0, 0.1) is 6.92 Å². The first-order valence-electron chi connectivity index (χ1n) is 8.34. The molecular formula is C19H18N4O3. The third kappa shape index (κ3) is 3.37. The molecule has 26 heavy (non-hydrogen) atoms. The van der Waals surface area contributed by atoms with E-state index < -0.39 is 0 Å². The van der Waals surface area contributed by atoms with E-state index in [4.69, 9.17) is 9.47 Å². The highest BCUT2D eigenvalue weighted by Gasteiger charge is 2.13. The summed E-state index contributed by atoms with van der Waals surface area (Å²) < 4.78 is 12.5. The quantitative estimate of drug-likeness (QED) is 0.765. The lowest BCUT2D eigenvalue weighted by Gasteiger charge is -2.08. The lowest BCUT2D eigenvalue weighted by molar-refractivity contribution is -0.116. The second-order valence-electron chi connectivity index (χ2n) is 5.99. The first kappa shape index (κ1) is 16.1. The van der Waals surface area contributed by atoms with Gasteiger partial charge in [0.25, 0.3) is 0 Å². The predicted molar refractivity (Wildman–Crippen MR) is 95.6 cm³/mol. The van der Waals surface area contributed by atoms with Gasteiger partial charge >= 0.3 is 0 Å². The minimum atomic E-state index is -0.0592. The number of amides is 1. The highest BCUT2D eigenvalue weighted by molar-refractivity contribution is 5.90. The molecule has 1 N–H and O–H groups in total. The van der Waals surface area contributed by atoms with Crippen LogP contribution in [0.15, 0.2) is 48.9 Å². The Morgan fingerprint density at radius 3 is 2.85 bits per heavy atom. The van der Waals surface area contributed by atoms with E-state index in [9.17, 15) is 4.79 Å². The number of carbonyl (C=O) groups is 1. The van der Waals surface area contributed by atoms with Crippen LogP contribution in [0.25, 0.3) is 5.82 Å². The molecule has 0 saturated carbocycles. The van der Waals surface area contributed by atoms with E-state index in [0.29, 0.717) is 18.5 Å². The van der Waals surface area contributed by atoms with Gasteiger partial charge in [0.05, 0.1) is 11.9 Å². The molecule has 4 rings (SSSR count). The van der Waals surface area contributed by atoms with Crippen LogP contribution >= 0.6 is 0 Å². The minimum absolute atomic E-state index is 0.0592. The van der Waals surface area contributed by atoms with E-state index in [1.54, 1.807) is 12.4 Å². The van der Waals surface area contributed by atoms with Gasteiger partial charge in [-0.25, -0.2) is 9.97 Å². The Labute approximate surface area is 150 Å². The maximum absolute atomic E-state index is 12.2. The second-order valence-corrected chi connectivity index (χ2v) is 5.99. The van der Waals surface area contributed by atoms with Gasteiger partial charge in [0.1, 0.15) is 11.6 Å². The van der Waals surface area contributed by atoms with Gasteiger partial charge in [-0.3, -0.25) is 9.36 Å². The smallest absolute Gasteiger partial charge is 0.231 e. The van der Waals surface area contributed by atoms with E-state index in [2.05, 4.69) is 15.3 Å². The van der Waals surface area contributed by atoms with Gasteiger partial charge in [-0.2, -0.15) is 0 Å². The number of imidazole rings is 1. The standard InChI is InChI=1S/C19H18N4O3/c1-13-20-8-9-23(13)18-6-4-15(11-21-18)22-19(24)7-3-14-2-5-16-17(10-14)26-12-25-16/h2,4-6,8-11H,3,7,12H2,1H3,(H,22,24). The first-order valence-corrected chi connectivity index (χ1v) is 8.34. The van der Waals surface area contributed by atoms with Crippen molar-refractivity contribution in [3.8, 4) is 17.3 Å². The Hall–Kier alpha value is -3.35. The Morgan fingerprint density at radius 2 is 2.08 bits per heavy atom. The summed E-state index contributed by atoms with van der Waals surface area (Å²) in [5, 5.41) is 2.87. The van der Waals surface area contributed by atoms with Gasteiger partial charge in [-0.15, -0.1) is 0 Å². The van der Waals surface area contributed by atoms with Gasteiger partial charge in [0.2, 0.25) is 12.7 Å². The Bertz CT molecular complexity index is 934. The molecule has 3 heterocycles. The summed E-state index contributed by atoms with van der Waals surface area (Å²) in [5.74, 6) is 3.04. The predicted octanol–water partition coefficient (Wildman–Crippen LogP) is 2.88. The molecule has 132 valence electrons. The molecule has 0 unspecified atom stereocenters. The number of nitrogens with zero attached hydrogens (tertiary/aromatic N) is 3. The van der Waals surface area contributed by atoms with Gasteiger partial charge < -0.3 is 14.8 Å². The molecule has 3 aromatic rings. The fourth-order valence-electron chi connectivity index (χ4n) is 2.80. The number of carbonyl (C=O) groups excluding carboxylic acids is 1. The van der Waals surface area contributed by atoms with Crippen molar-refractivity contribution in [1.82, 2.24) is 14.5 Å². The maximum Gasteiger partial charge on any atom is 0.231 e. The highest BCUT2D eigenvalue weighted by atomic mass is 16.7.